The van der Waals surface area contributed by atoms with Crippen molar-refractivity contribution in [3.63, 3.8) is 0 Å². The summed E-state index contributed by atoms with van der Waals surface area (Å²) in [5, 5.41) is 0. The molecule has 0 amide bonds. The summed E-state index contributed by atoms with van der Waals surface area (Å²) < 4.78 is 0. The van der Waals surface area contributed by atoms with Gasteiger partial charge in [-0.1, -0.05) is 50.3 Å². The SMILES string of the molecule is CC/C=C(\CC)C1=Cc2ccccc2C1. The molecule has 0 saturated heterocycles. The van der Waals surface area contributed by atoms with E-state index in [2.05, 4.69) is 50.3 Å². The monoisotopic (exact) mass is 198 g/mol. The minimum absolute atomic E-state index is 1.12. The first-order valence-electron chi connectivity index (χ1n) is 5.83. The first-order valence-corrected chi connectivity index (χ1v) is 5.83. The topological polar surface area (TPSA) is 0 Å². The van der Waals surface area contributed by atoms with Gasteiger partial charge in [0.15, 0.2) is 0 Å². The van der Waals surface area contributed by atoms with Gasteiger partial charge < -0.3 is 0 Å². The van der Waals surface area contributed by atoms with Crippen LogP contribution in [0.4, 0.5) is 0 Å². The highest BCUT2D eigenvalue weighted by atomic mass is 14.2. The summed E-state index contributed by atoms with van der Waals surface area (Å²) >= 11 is 0. The molecule has 0 heterocycles. The van der Waals surface area contributed by atoms with Crippen LogP contribution in [0.25, 0.3) is 6.08 Å². The van der Waals surface area contributed by atoms with Gasteiger partial charge in [-0.2, -0.15) is 0 Å². The quantitative estimate of drug-likeness (QED) is 0.676. The Morgan fingerprint density at radius 3 is 2.73 bits per heavy atom. The van der Waals surface area contributed by atoms with Crippen molar-refractivity contribution in [2.24, 2.45) is 0 Å². The van der Waals surface area contributed by atoms with Gasteiger partial charge in [-0.05, 0) is 41.5 Å². The van der Waals surface area contributed by atoms with E-state index in [1.807, 2.05) is 0 Å². The van der Waals surface area contributed by atoms with E-state index in [-0.39, 0.29) is 0 Å². The molecule has 0 bridgehead atoms. The molecule has 0 saturated carbocycles. The molecule has 2 rings (SSSR count). The van der Waals surface area contributed by atoms with Gasteiger partial charge in [-0.15, -0.1) is 0 Å². The smallest absolute Gasteiger partial charge is 0.00170 e. The molecule has 0 nitrogen and oxygen atoms in total. The predicted molar refractivity (Wildman–Crippen MR) is 66.8 cm³/mol. The lowest BCUT2D eigenvalue weighted by Crippen LogP contribution is -1.89. The molecule has 0 aromatic heterocycles. The molecule has 0 N–H and O–H groups in total. The van der Waals surface area contributed by atoms with Crippen LogP contribution in [0.2, 0.25) is 0 Å². The maximum Gasteiger partial charge on any atom is -0.00170 e. The second-order valence-electron chi connectivity index (χ2n) is 4.04. The van der Waals surface area contributed by atoms with E-state index in [9.17, 15) is 0 Å². The highest BCUT2D eigenvalue weighted by Gasteiger charge is 2.13. The summed E-state index contributed by atoms with van der Waals surface area (Å²) in [4.78, 5) is 0. The highest BCUT2D eigenvalue weighted by Crippen LogP contribution is 2.30. The fourth-order valence-electron chi connectivity index (χ4n) is 2.24. The molecule has 1 aromatic carbocycles. The van der Waals surface area contributed by atoms with E-state index in [0.717, 1.165) is 19.3 Å². The third kappa shape index (κ3) is 2.04. The van der Waals surface area contributed by atoms with Crippen LogP contribution in [0.15, 0.2) is 41.5 Å². The fourth-order valence-corrected chi connectivity index (χ4v) is 2.24. The average Bonchev–Trinajstić information content (AvgIpc) is 2.69. The Hall–Kier alpha value is -1.30. The molecule has 0 atom stereocenters. The van der Waals surface area contributed by atoms with Gasteiger partial charge in [-0.3, -0.25) is 0 Å². The third-order valence-electron chi connectivity index (χ3n) is 3.01. The summed E-state index contributed by atoms with van der Waals surface area (Å²) in [7, 11) is 0. The van der Waals surface area contributed by atoms with Crippen LogP contribution in [0.5, 0.6) is 0 Å². The molecular formula is C15H18. The molecule has 0 unspecified atom stereocenters. The summed E-state index contributed by atoms with van der Waals surface area (Å²) in [5.41, 5.74) is 5.92. The lowest BCUT2D eigenvalue weighted by molar-refractivity contribution is 1.04. The first-order chi connectivity index (χ1) is 7.35. The number of rotatable bonds is 3. The Balaban J connectivity index is 2.27. The van der Waals surface area contributed by atoms with Gasteiger partial charge in [-0.25, -0.2) is 0 Å². The van der Waals surface area contributed by atoms with Crippen LogP contribution in [-0.2, 0) is 6.42 Å². The van der Waals surface area contributed by atoms with Crippen molar-refractivity contribution >= 4 is 6.08 Å². The van der Waals surface area contributed by atoms with Crippen molar-refractivity contribution in [1.82, 2.24) is 0 Å². The third-order valence-corrected chi connectivity index (χ3v) is 3.01. The van der Waals surface area contributed by atoms with E-state index in [1.165, 1.54) is 22.3 Å². The lowest BCUT2D eigenvalue weighted by atomic mass is 10.0. The fraction of sp³-hybridized carbons (Fsp3) is 0.333. The zero-order chi connectivity index (χ0) is 10.7. The Kier molecular flexibility index (Phi) is 3.05. The van der Waals surface area contributed by atoms with Crippen molar-refractivity contribution in [2.45, 2.75) is 33.1 Å². The molecule has 1 aromatic rings. The van der Waals surface area contributed by atoms with E-state index in [4.69, 9.17) is 0 Å². The van der Waals surface area contributed by atoms with Crippen molar-refractivity contribution in [3.8, 4) is 0 Å². The Bertz CT molecular complexity index is 408. The van der Waals surface area contributed by atoms with Crippen LogP contribution in [0, 0.1) is 0 Å². The van der Waals surface area contributed by atoms with Crippen molar-refractivity contribution < 1.29 is 0 Å². The van der Waals surface area contributed by atoms with Crippen LogP contribution < -0.4 is 0 Å². The zero-order valence-electron chi connectivity index (χ0n) is 9.59. The maximum atomic E-state index is 2.36. The number of fused-ring (bicyclic) bond motifs is 1. The van der Waals surface area contributed by atoms with Crippen LogP contribution in [-0.4, -0.2) is 0 Å². The Labute approximate surface area is 92.3 Å². The standard InChI is InChI=1S/C15H18/c1-3-7-12(4-2)15-10-13-8-5-6-9-14(13)11-15/h5-10H,3-4,11H2,1-2H3/b12-7+. The largest absolute Gasteiger partial charge is 0.0813 e. The zero-order valence-corrected chi connectivity index (χ0v) is 9.59. The second kappa shape index (κ2) is 4.48. The maximum absolute atomic E-state index is 2.36. The minimum Gasteiger partial charge on any atom is -0.0813 e. The molecule has 0 aliphatic heterocycles. The van der Waals surface area contributed by atoms with Crippen LogP contribution in [0.1, 0.15) is 37.8 Å². The molecule has 1 aliphatic rings. The Morgan fingerprint density at radius 1 is 1.27 bits per heavy atom. The van der Waals surface area contributed by atoms with Gasteiger partial charge in [0, 0.05) is 0 Å². The molecular weight excluding hydrogens is 180 g/mol. The number of benzene rings is 1. The minimum atomic E-state index is 1.12. The van der Waals surface area contributed by atoms with Crippen molar-refractivity contribution in [3.05, 3.63) is 52.6 Å². The van der Waals surface area contributed by atoms with Crippen molar-refractivity contribution in [1.29, 1.82) is 0 Å². The van der Waals surface area contributed by atoms with E-state index >= 15 is 0 Å². The number of hydrogen-bond donors (Lipinski definition) is 0. The summed E-state index contributed by atoms with van der Waals surface area (Å²) in [6.07, 6.45) is 8.11. The number of hydrogen-bond acceptors (Lipinski definition) is 0. The van der Waals surface area contributed by atoms with Crippen molar-refractivity contribution in [2.75, 3.05) is 0 Å². The van der Waals surface area contributed by atoms with E-state index in [0.29, 0.717) is 0 Å². The van der Waals surface area contributed by atoms with Gasteiger partial charge in [0.1, 0.15) is 0 Å². The Morgan fingerprint density at radius 2 is 2.07 bits per heavy atom. The average molecular weight is 198 g/mol. The first kappa shape index (κ1) is 10.2. The predicted octanol–water partition coefficient (Wildman–Crippen LogP) is 4.37. The van der Waals surface area contributed by atoms with Gasteiger partial charge in [0.2, 0.25) is 0 Å². The van der Waals surface area contributed by atoms with Gasteiger partial charge >= 0.3 is 0 Å². The normalized spacial score (nSPS) is 15.1. The van der Waals surface area contributed by atoms with Gasteiger partial charge in [0.05, 0.1) is 0 Å². The molecule has 0 fully saturated rings. The molecule has 78 valence electrons. The molecule has 0 radical (unpaired) electrons. The molecule has 0 heteroatoms. The summed E-state index contributed by atoms with van der Waals surface area (Å²) in [6.45, 7) is 4.45. The van der Waals surface area contributed by atoms with Crippen LogP contribution >= 0.6 is 0 Å². The van der Waals surface area contributed by atoms with Crippen LogP contribution in [0.3, 0.4) is 0 Å². The number of allylic oxidation sites excluding steroid dienone is 3. The van der Waals surface area contributed by atoms with Gasteiger partial charge in [0.25, 0.3) is 0 Å². The lowest BCUT2D eigenvalue weighted by Gasteiger charge is -2.05. The second-order valence-corrected chi connectivity index (χ2v) is 4.04. The highest BCUT2D eigenvalue weighted by molar-refractivity contribution is 5.68. The summed E-state index contributed by atoms with van der Waals surface area (Å²) in [6, 6.07) is 8.69. The van der Waals surface area contributed by atoms with E-state index < -0.39 is 0 Å². The summed E-state index contributed by atoms with van der Waals surface area (Å²) in [5.74, 6) is 0. The van der Waals surface area contributed by atoms with E-state index in [1.54, 1.807) is 0 Å². The molecule has 15 heavy (non-hydrogen) atoms. The molecule has 0 spiro atoms. The molecule has 1 aliphatic carbocycles.